The standard InChI is InChI=1S/C12H15O/c1-9(2)8-10(3)11-6-4-5-7-12(11)13/h4-7,13H,3,8H2,1-2H3. The Kier molecular flexibility index (Phi) is 3.13. The summed E-state index contributed by atoms with van der Waals surface area (Å²) in [5.41, 5.74) is 1.82. The molecule has 0 saturated heterocycles. The molecule has 0 aliphatic carbocycles. The van der Waals surface area contributed by atoms with E-state index in [2.05, 4.69) is 20.4 Å². The molecule has 0 unspecified atom stereocenters. The summed E-state index contributed by atoms with van der Waals surface area (Å²) in [7, 11) is 0. The quantitative estimate of drug-likeness (QED) is 0.746. The normalized spacial score (nSPS) is 10.4. The van der Waals surface area contributed by atoms with Crippen LogP contribution in [0.4, 0.5) is 0 Å². The fourth-order valence-corrected chi connectivity index (χ4v) is 1.29. The van der Waals surface area contributed by atoms with Gasteiger partial charge in [0, 0.05) is 5.56 Å². The number of hydrogen-bond acceptors (Lipinski definition) is 1. The van der Waals surface area contributed by atoms with Gasteiger partial charge in [-0.2, -0.15) is 0 Å². The van der Waals surface area contributed by atoms with Gasteiger partial charge in [-0.3, -0.25) is 0 Å². The maximum Gasteiger partial charge on any atom is 0.123 e. The van der Waals surface area contributed by atoms with Gasteiger partial charge in [-0.15, -0.1) is 0 Å². The van der Waals surface area contributed by atoms with Crippen molar-refractivity contribution in [3.63, 3.8) is 0 Å². The van der Waals surface area contributed by atoms with Gasteiger partial charge < -0.3 is 5.11 Å². The Bertz CT molecular complexity index is 300. The van der Waals surface area contributed by atoms with Crippen molar-refractivity contribution in [2.75, 3.05) is 0 Å². The third-order valence-electron chi connectivity index (χ3n) is 1.85. The van der Waals surface area contributed by atoms with Crippen molar-refractivity contribution in [1.29, 1.82) is 0 Å². The van der Waals surface area contributed by atoms with Gasteiger partial charge in [0.15, 0.2) is 0 Å². The first kappa shape index (κ1) is 9.85. The third kappa shape index (κ3) is 2.62. The van der Waals surface area contributed by atoms with Gasteiger partial charge in [0.05, 0.1) is 0 Å². The van der Waals surface area contributed by atoms with Gasteiger partial charge in [0.25, 0.3) is 0 Å². The van der Waals surface area contributed by atoms with Crippen LogP contribution in [0.2, 0.25) is 0 Å². The molecule has 0 atom stereocenters. The topological polar surface area (TPSA) is 20.2 Å². The molecule has 1 nitrogen and oxygen atoms in total. The molecule has 1 heteroatoms. The van der Waals surface area contributed by atoms with Gasteiger partial charge in [-0.05, 0) is 24.0 Å². The summed E-state index contributed by atoms with van der Waals surface area (Å²) in [6.07, 6.45) is 0.845. The highest BCUT2D eigenvalue weighted by molar-refractivity contribution is 5.69. The molecule has 0 aliphatic heterocycles. The van der Waals surface area contributed by atoms with Gasteiger partial charge in [-0.1, -0.05) is 38.6 Å². The van der Waals surface area contributed by atoms with Crippen LogP contribution >= 0.6 is 0 Å². The zero-order valence-corrected chi connectivity index (χ0v) is 8.17. The van der Waals surface area contributed by atoms with E-state index in [1.165, 1.54) is 5.92 Å². The van der Waals surface area contributed by atoms with E-state index < -0.39 is 0 Å². The van der Waals surface area contributed by atoms with Crippen molar-refractivity contribution in [3.8, 4) is 5.75 Å². The highest BCUT2D eigenvalue weighted by atomic mass is 16.3. The van der Waals surface area contributed by atoms with Crippen LogP contribution in [0.25, 0.3) is 5.57 Å². The van der Waals surface area contributed by atoms with E-state index in [-0.39, 0.29) is 0 Å². The first-order valence-corrected chi connectivity index (χ1v) is 4.36. The predicted molar refractivity (Wildman–Crippen MR) is 56.3 cm³/mol. The average molecular weight is 175 g/mol. The van der Waals surface area contributed by atoms with Crippen LogP contribution in [0.5, 0.6) is 5.75 Å². The second-order valence-electron chi connectivity index (χ2n) is 3.50. The molecule has 1 aromatic carbocycles. The summed E-state index contributed by atoms with van der Waals surface area (Å²) in [5, 5.41) is 9.52. The number of allylic oxidation sites excluding steroid dienone is 1. The Morgan fingerprint density at radius 1 is 1.31 bits per heavy atom. The molecular weight excluding hydrogens is 160 g/mol. The lowest BCUT2D eigenvalue weighted by atomic mass is 9.97. The number of aromatic hydroxyl groups is 1. The first-order valence-electron chi connectivity index (χ1n) is 4.36. The molecule has 0 saturated carbocycles. The maximum absolute atomic E-state index is 9.52. The molecule has 1 rings (SSSR count). The molecular formula is C12H15O. The summed E-state index contributed by atoms with van der Waals surface area (Å²) < 4.78 is 0. The van der Waals surface area contributed by atoms with Gasteiger partial charge >= 0.3 is 0 Å². The molecule has 0 amide bonds. The zero-order valence-electron chi connectivity index (χ0n) is 8.17. The van der Waals surface area contributed by atoms with E-state index in [0.717, 1.165) is 17.6 Å². The minimum atomic E-state index is 0.314. The number of benzene rings is 1. The van der Waals surface area contributed by atoms with E-state index >= 15 is 0 Å². The largest absolute Gasteiger partial charge is 0.507 e. The Labute approximate surface area is 79.7 Å². The molecule has 0 aliphatic rings. The van der Waals surface area contributed by atoms with Crippen LogP contribution in [0.1, 0.15) is 25.8 Å². The van der Waals surface area contributed by atoms with Crippen LogP contribution in [0.15, 0.2) is 30.8 Å². The van der Waals surface area contributed by atoms with Gasteiger partial charge in [0.1, 0.15) is 5.75 Å². The number of phenols is 1. The van der Waals surface area contributed by atoms with E-state index in [1.807, 2.05) is 18.2 Å². The van der Waals surface area contributed by atoms with E-state index in [1.54, 1.807) is 6.07 Å². The first-order chi connectivity index (χ1) is 6.11. The van der Waals surface area contributed by atoms with Crippen molar-refractivity contribution < 1.29 is 5.11 Å². The van der Waals surface area contributed by atoms with Crippen LogP contribution in [-0.2, 0) is 0 Å². The van der Waals surface area contributed by atoms with Crippen LogP contribution in [-0.4, -0.2) is 5.11 Å². The SMILES string of the molecule is C=C(C[C](C)C)c1ccccc1O. The lowest BCUT2D eigenvalue weighted by molar-refractivity contribution is 0.473. The predicted octanol–water partition coefficient (Wildman–Crippen LogP) is 3.41. The molecule has 13 heavy (non-hydrogen) atoms. The molecule has 1 radical (unpaired) electrons. The van der Waals surface area contributed by atoms with Crippen molar-refractivity contribution in [2.24, 2.45) is 0 Å². The molecule has 0 aromatic heterocycles. The Hall–Kier alpha value is -1.24. The minimum absolute atomic E-state index is 0.314. The van der Waals surface area contributed by atoms with Crippen molar-refractivity contribution >= 4 is 5.57 Å². The second kappa shape index (κ2) is 4.13. The second-order valence-corrected chi connectivity index (χ2v) is 3.50. The smallest absolute Gasteiger partial charge is 0.123 e. The minimum Gasteiger partial charge on any atom is -0.507 e. The summed E-state index contributed by atoms with van der Waals surface area (Å²) >= 11 is 0. The van der Waals surface area contributed by atoms with Crippen molar-refractivity contribution in [2.45, 2.75) is 20.3 Å². The van der Waals surface area contributed by atoms with Crippen LogP contribution in [0, 0.1) is 5.92 Å². The molecule has 0 bridgehead atoms. The maximum atomic E-state index is 9.52. The monoisotopic (exact) mass is 175 g/mol. The highest BCUT2D eigenvalue weighted by Crippen LogP contribution is 2.28. The number of hydrogen-bond donors (Lipinski definition) is 1. The van der Waals surface area contributed by atoms with Crippen LogP contribution in [0.3, 0.4) is 0 Å². The molecule has 69 valence electrons. The van der Waals surface area contributed by atoms with Gasteiger partial charge in [-0.25, -0.2) is 0 Å². The van der Waals surface area contributed by atoms with E-state index in [4.69, 9.17) is 0 Å². The lowest BCUT2D eigenvalue weighted by Crippen LogP contribution is -1.88. The van der Waals surface area contributed by atoms with Gasteiger partial charge in [0.2, 0.25) is 0 Å². The summed E-state index contributed by atoms with van der Waals surface area (Å²) in [5.74, 6) is 1.61. The number of phenolic OH excluding ortho intramolecular Hbond substituents is 1. The Balaban J connectivity index is 2.83. The zero-order chi connectivity index (χ0) is 9.84. The average Bonchev–Trinajstić information content (AvgIpc) is 2.03. The fourth-order valence-electron chi connectivity index (χ4n) is 1.29. The molecule has 1 N–H and O–H groups in total. The Morgan fingerprint density at radius 2 is 1.92 bits per heavy atom. The van der Waals surface area contributed by atoms with Crippen LogP contribution < -0.4 is 0 Å². The highest BCUT2D eigenvalue weighted by Gasteiger charge is 2.05. The van der Waals surface area contributed by atoms with Crippen molar-refractivity contribution in [1.82, 2.24) is 0 Å². The summed E-state index contributed by atoms with van der Waals surface area (Å²) in [4.78, 5) is 0. The molecule has 1 aromatic rings. The van der Waals surface area contributed by atoms with E-state index in [0.29, 0.717) is 5.75 Å². The van der Waals surface area contributed by atoms with Crippen molar-refractivity contribution in [3.05, 3.63) is 42.3 Å². The third-order valence-corrected chi connectivity index (χ3v) is 1.85. The molecule has 0 heterocycles. The fraction of sp³-hybridized carbons (Fsp3) is 0.250. The van der Waals surface area contributed by atoms with E-state index in [9.17, 15) is 5.11 Å². The number of rotatable bonds is 3. The summed E-state index contributed by atoms with van der Waals surface area (Å²) in [6, 6.07) is 7.30. The number of para-hydroxylation sites is 1. The lowest BCUT2D eigenvalue weighted by Gasteiger charge is -2.09. The summed E-state index contributed by atoms with van der Waals surface area (Å²) in [6.45, 7) is 8.07. The molecule has 0 spiro atoms. The molecule has 0 fully saturated rings. The Morgan fingerprint density at radius 3 is 2.46 bits per heavy atom.